The minimum atomic E-state index is -0.998. The lowest BCUT2D eigenvalue weighted by Gasteiger charge is -2.50. The van der Waals surface area contributed by atoms with Gasteiger partial charge in [0, 0.05) is 34.6 Å². The zero-order valence-electron chi connectivity index (χ0n) is 31.0. The zero-order chi connectivity index (χ0) is 38.8. The number of ether oxygens (including phenoxy) is 4. The van der Waals surface area contributed by atoms with Crippen LogP contribution in [0.15, 0.2) is 102 Å². The lowest BCUT2D eigenvalue weighted by atomic mass is 9.89. The third-order valence-corrected chi connectivity index (χ3v) is 9.82. The van der Waals surface area contributed by atoms with Crippen LogP contribution in [0.5, 0.6) is 5.75 Å². The molecule has 0 spiro atoms. The van der Waals surface area contributed by atoms with Crippen molar-refractivity contribution in [1.82, 2.24) is 15.5 Å². The van der Waals surface area contributed by atoms with Crippen molar-refractivity contribution in [2.45, 2.75) is 76.7 Å². The first-order valence-electron chi connectivity index (χ1n) is 17.6. The summed E-state index contributed by atoms with van der Waals surface area (Å²) in [5.41, 5.74) is 1.00. The van der Waals surface area contributed by atoms with Crippen molar-refractivity contribution in [2.24, 2.45) is 0 Å². The smallest absolute Gasteiger partial charge is 0.448 e. The first-order chi connectivity index (χ1) is 25.6. The number of alkyl carbamates (subject to hydrolysis) is 1. The van der Waals surface area contributed by atoms with Crippen molar-refractivity contribution in [3.8, 4) is 5.75 Å². The highest BCUT2D eigenvalue weighted by Crippen LogP contribution is 2.48. The lowest BCUT2D eigenvalue weighted by Crippen LogP contribution is -2.70. The van der Waals surface area contributed by atoms with Crippen LogP contribution in [0.1, 0.15) is 70.8 Å². The molecule has 12 nitrogen and oxygen atoms in total. The number of nitrogens with one attached hydrogen (secondary N) is 2. The number of allylic oxidation sites excluding steroid dienone is 1. The third kappa shape index (κ3) is 8.46. The van der Waals surface area contributed by atoms with Gasteiger partial charge >= 0.3 is 18.2 Å². The van der Waals surface area contributed by atoms with E-state index < -0.39 is 52.8 Å². The number of hydrogen-bond donors (Lipinski definition) is 2. The molecule has 2 N–H and O–H groups in total. The van der Waals surface area contributed by atoms with E-state index in [-0.39, 0.29) is 23.1 Å². The minimum Gasteiger partial charge on any atom is -0.448 e. The Morgan fingerprint density at radius 2 is 1.43 bits per heavy atom. The molecule has 0 saturated carbocycles. The molecule has 0 aromatic heterocycles. The summed E-state index contributed by atoms with van der Waals surface area (Å²) in [5.74, 6) is -1.53. The van der Waals surface area contributed by atoms with Crippen molar-refractivity contribution in [3.05, 3.63) is 118 Å². The van der Waals surface area contributed by atoms with E-state index in [9.17, 15) is 24.0 Å². The van der Waals surface area contributed by atoms with Gasteiger partial charge in [0.25, 0.3) is 5.91 Å². The Morgan fingerprint density at radius 3 is 2.00 bits per heavy atom. The van der Waals surface area contributed by atoms with Crippen LogP contribution in [-0.2, 0) is 28.6 Å². The molecule has 3 aromatic rings. The monoisotopic (exact) mass is 753 g/mol. The summed E-state index contributed by atoms with van der Waals surface area (Å²) >= 11 is 1.31. The lowest BCUT2D eigenvalue weighted by molar-refractivity contribution is -0.153. The van der Waals surface area contributed by atoms with Crippen LogP contribution in [0, 0.1) is 0 Å². The highest BCUT2D eigenvalue weighted by Gasteiger charge is 2.55. The molecule has 13 heteroatoms. The van der Waals surface area contributed by atoms with E-state index in [1.54, 1.807) is 65.8 Å². The Bertz CT molecular complexity index is 1980. The van der Waals surface area contributed by atoms with E-state index in [0.29, 0.717) is 46.4 Å². The van der Waals surface area contributed by atoms with Gasteiger partial charge in [-0.3, -0.25) is 14.5 Å². The van der Waals surface area contributed by atoms with Gasteiger partial charge in [-0.2, -0.15) is 0 Å². The third-order valence-electron chi connectivity index (χ3n) is 8.54. The van der Waals surface area contributed by atoms with Crippen molar-refractivity contribution >= 4 is 47.4 Å². The van der Waals surface area contributed by atoms with E-state index in [0.717, 1.165) is 0 Å². The van der Waals surface area contributed by atoms with Crippen LogP contribution in [0.2, 0.25) is 0 Å². The molecule has 0 aliphatic carbocycles. The molecule has 3 aromatic carbocycles. The van der Waals surface area contributed by atoms with Crippen molar-refractivity contribution < 1.29 is 42.9 Å². The van der Waals surface area contributed by atoms with E-state index in [2.05, 4.69) is 10.6 Å². The van der Waals surface area contributed by atoms with Crippen LogP contribution in [0.3, 0.4) is 0 Å². The molecule has 3 aliphatic rings. The Labute approximate surface area is 318 Å². The summed E-state index contributed by atoms with van der Waals surface area (Å²) in [7, 11) is 0. The second kappa shape index (κ2) is 15.4. The van der Waals surface area contributed by atoms with Gasteiger partial charge in [0.2, 0.25) is 5.91 Å². The van der Waals surface area contributed by atoms with Crippen LogP contribution in [0.4, 0.5) is 9.59 Å². The van der Waals surface area contributed by atoms with Gasteiger partial charge in [-0.15, -0.1) is 11.8 Å². The Morgan fingerprint density at radius 1 is 0.833 bits per heavy atom. The molecule has 6 rings (SSSR count). The van der Waals surface area contributed by atoms with Crippen molar-refractivity contribution in [2.75, 3.05) is 12.3 Å². The van der Waals surface area contributed by atoms with Crippen LogP contribution in [0.25, 0.3) is 5.57 Å². The highest BCUT2D eigenvalue weighted by atomic mass is 32.2. The van der Waals surface area contributed by atoms with E-state index in [1.807, 2.05) is 60.7 Å². The largest absolute Gasteiger partial charge is 0.514 e. The first-order valence-corrected chi connectivity index (χ1v) is 18.7. The number of nitrogens with zero attached hydrogens (tertiary/aromatic N) is 1. The zero-order valence-corrected chi connectivity index (χ0v) is 31.8. The number of thioether (sulfide) groups is 1. The molecule has 3 heterocycles. The number of fused-ring (bicyclic) bond motifs is 1. The number of para-hydroxylation sites is 1. The van der Waals surface area contributed by atoms with Gasteiger partial charge in [-0.25, -0.2) is 14.4 Å². The van der Waals surface area contributed by atoms with E-state index in [4.69, 9.17) is 18.9 Å². The summed E-state index contributed by atoms with van der Waals surface area (Å²) in [4.78, 5) is 69.5. The Hall–Kier alpha value is -5.56. The molecule has 2 atom stereocenters. The predicted molar refractivity (Wildman–Crippen MR) is 202 cm³/mol. The number of carbonyl (C=O) groups excluding carboxylic acids is 5. The number of hydrogen-bond acceptors (Lipinski definition) is 10. The van der Waals surface area contributed by atoms with Gasteiger partial charge in [0.1, 0.15) is 34.1 Å². The first kappa shape index (κ1) is 38.2. The fraction of sp³-hybridized carbons (Fsp3) is 0.341. The van der Waals surface area contributed by atoms with E-state index in [1.165, 1.54) is 16.7 Å². The number of amides is 3. The average Bonchev–Trinajstić information content (AvgIpc) is 3.54. The molecule has 2 fully saturated rings. The fourth-order valence-electron chi connectivity index (χ4n) is 6.37. The number of rotatable bonds is 8. The van der Waals surface area contributed by atoms with E-state index >= 15 is 0 Å². The molecular weight excluding hydrogens is 711 g/mol. The number of benzene rings is 3. The quantitative estimate of drug-likeness (QED) is 0.0840. The summed E-state index contributed by atoms with van der Waals surface area (Å²) in [5, 5.41) is 4.81. The summed E-state index contributed by atoms with van der Waals surface area (Å²) < 4.78 is 23.0. The average molecular weight is 754 g/mol. The van der Waals surface area contributed by atoms with Crippen LogP contribution in [-0.4, -0.2) is 69.8 Å². The van der Waals surface area contributed by atoms with Crippen LogP contribution >= 0.6 is 11.8 Å². The van der Waals surface area contributed by atoms with Crippen molar-refractivity contribution in [1.29, 1.82) is 0 Å². The topological polar surface area (TPSA) is 150 Å². The maximum Gasteiger partial charge on any atom is 0.514 e. The number of carbonyl (C=O) groups is 5. The molecule has 282 valence electrons. The van der Waals surface area contributed by atoms with Gasteiger partial charge in [0.05, 0.1) is 0 Å². The van der Waals surface area contributed by atoms with Gasteiger partial charge in [-0.1, -0.05) is 78.9 Å². The molecular formula is C41H43N3O9S. The second-order valence-corrected chi connectivity index (χ2v) is 16.0. The summed E-state index contributed by atoms with van der Waals surface area (Å²) in [6.45, 7) is 10.6. The summed E-state index contributed by atoms with van der Waals surface area (Å²) in [6.07, 6.45) is -2.29. The molecule has 54 heavy (non-hydrogen) atoms. The normalized spacial score (nSPS) is 19.4. The number of β-lactam (4-membered cyclic amide) rings is 1. The predicted octanol–water partition coefficient (Wildman–Crippen LogP) is 6.67. The standard InChI is InChI=1S/C41H43N3O9S/c1-40(2,3)52-38(48)43-31-35(46)44-32(37(47)51-33(24-15-9-7-10-16-24)25-17-11-8-12-18-25)28(23-54-36(31)44)30(27-21-22-42-34(27)45)26-19-13-14-20-29(26)50-39(49)53-41(4,5)6/h7-20,31,33,36H,21-23H2,1-6H3,(H,42,45)(H,43,48)/t31-,36-/m1/s1. The van der Waals surface area contributed by atoms with Crippen molar-refractivity contribution in [3.63, 3.8) is 0 Å². The minimum absolute atomic E-state index is 0.0860. The second-order valence-electron chi connectivity index (χ2n) is 14.9. The molecule has 2 saturated heterocycles. The van der Waals surface area contributed by atoms with Crippen LogP contribution < -0.4 is 15.4 Å². The maximum atomic E-state index is 14.8. The SMILES string of the molecule is CC(C)(C)OC(=O)N[C@@H]1C(=O)N2C(C(=O)OC(c3ccccc3)c3ccccc3)=C(C(=C3CCNC3=O)c3ccccc3OC(=O)OC(C)(C)C)CS[C@H]12. The molecule has 0 bridgehead atoms. The molecule has 3 amide bonds. The van der Waals surface area contributed by atoms with Gasteiger partial charge in [0.15, 0.2) is 6.10 Å². The maximum absolute atomic E-state index is 14.8. The Balaban J connectivity index is 1.49. The molecule has 0 unspecified atom stereocenters. The van der Waals surface area contributed by atoms with Gasteiger partial charge < -0.3 is 29.6 Å². The molecule has 3 aliphatic heterocycles. The molecule has 0 radical (unpaired) electrons. The fourth-order valence-corrected chi connectivity index (χ4v) is 7.73. The van der Waals surface area contributed by atoms with Gasteiger partial charge in [-0.05, 0) is 65.2 Å². The summed E-state index contributed by atoms with van der Waals surface area (Å²) in [6, 6.07) is 24.1. The highest BCUT2D eigenvalue weighted by molar-refractivity contribution is 8.00. The Kier molecular flexibility index (Phi) is 10.9. The number of esters is 1.